The highest BCUT2D eigenvalue weighted by Crippen LogP contribution is 2.45. The van der Waals surface area contributed by atoms with Gasteiger partial charge in [0.15, 0.2) is 11.6 Å². The van der Waals surface area contributed by atoms with Crippen molar-refractivity contribution < 1.29 is 13.5 Å². The van der Waals surface area contributed by atoms with E-state index in [1.54, 1.807) is 19.1 Å². The maximum Gasteiger partial charge on any atom is 0.200 e. The van der Waals surface area contributed by atoms with Crippen molar-refractivity contribution in [2.45, 2.75) is 110 Å². The Balaban J connectivity index is 1.17. The summed E-state index contributed by atoms with van der Waals surface area (Å²) in [6.45, 7) is 4.25. The third-order valence-electron chi connectivity index (χ3n) is 9.60. The molecule has 200 valence electrons. The van der Waals surface area contributed by atoms with E-state index in [1.165, 1.54) is 64.2 Å². The number of benzene rings is 1. The molecule has 1 aromatic carbocycles. The van der Waals surface area contributed by atoms with Crippen molar-refractivity contribution in [3.63, 3.8) is 0 Å². The van der Waals surface area contributed by atoms with Crippen LogP contribution in [0.1, 0.15) is 115 Å². The zero-order chi connectivity index (χ0) is 25.3. The first-order chi connectivity index (χ1) is 17.6. The van der Waals surface area contributed by atoms with Crippen LogP contribution in [0.2, 0.25) is 0 Å². The Labute approximate surface area is 218 Å². The molecule has 0 aromatic heterocycles. The molecule has 0 saturated heterocycles. The highest BCUT2D eigenvalue weighted by molar-refractivity contribution is 5.33. The van der Waals surface area contributed by atoms with E-state index >= 15 is 0 Å². The lowest BCUT2D eigenvalue weighted by Crippen LogP contribution is -2.25. The van der Waals surface area contributed by atoms with Crippen LogP contribution in [-0.2, 0) is 0 Å². The molecule has 0 heterocycles. The average Bonchev–Trinajstić information content (AvgIpc) is 2.92. The predicted octanol–water partition coefficient (Wildman–Crippen LogP) is 10.2. The molecule has 0 N–H and O–H groups in total. The van der Waals surface area contributed by atoms with Crippen LogP contribution in [0.3, 0.4) is 0 Å². The van der Waals surface area contributed by atoms with Gasteiger partial charge in [0, 0.05) is 0 Å². The zero-order valence-electron chi connectivity index (χ0n) is 22.7. The fourth-order valence-electron chi connectivity index (χ4n) is 7.32. The quantitative estimate of drug-likeness (QED) is 0.308. The Morgan fingerprint density at radius 1 is 0.778 bits per heavy atom. The predicted molar refractivity (Wildman–Crippen MR) is 146 cm³/mol. The van der Waals surface area contributed by atoms with Gasteiger partial charge in [-0.1, -0.05) is 30.4 Å². The second kappa shape index (κ2) is 13.8. The molecule has 0 unspecified atom stereocenters. The Morgan fingerprint density at radius 2 is 1.36 bits per heavy atom. The van der Waals surface area contributed by atoms with E-state index < -0.39 is 11.6 Å². The molecule has 0 atom stereocenters. The van der Waals surface area contributed by atoms with Crippen LogP contribution < -0.4 is 4.74 Å². The van der Waals surface area contributed by atoms with Crippen molar-refractivity contribution in [3.8, 4) is 5.75 Å². The van der Waals surface area contributed by atoms with Gasteiger partial charge in [-0.15, -0.1) is 0 Å². The first-order valence-corrected chi connectivity index (χ1v) is 15.0. The number of hydrogen-bond acceptors (Lipinski definition) is 1. The van der Waals surface area contributed by atoms with Crippen LogP contribution >= 0.6 is 0 Å². The lowest BCUT2D eigenvalue weighted by atomic mass is 9.68. The molecule has 0 amide bonds. The Kier molecular flexibility index (Phi) is 10.5. The van der Waals surface area contributed by atoms with Gasteiger partial charge in [0.1, 0.15) is 0 Å². The summed E-state index contributed by atoms with van der Waals surface area (Å²) in [6.07, 6.45) is 27.5. The van der Waals surface area contributed by atoms with Crippen molar-refractivity contribution in [3.05, 3.63) is 53.6 Å². The number of ether oxygens (including phenoxy) is 1. The smallest absolute Gasteiger partial charge is 0.200 e. The number of hydrogen-bond donors (Lipinski definition) is 0. The van der Waals surface area contributed by atoms with E-state index in [0.29, 0.717) is 12.2 Å². The molecule has 0 spiro atoms. The summed E-state index contributed by atoms with van der Waals surface area (Å²) in [4.78, 5) is 0. The van der Waals surface area contributed by atoms with Gasteiger partial charge in [-0.3, -0.25) is 0 Å². The fraction of sp³-hybridized carbons (Fsp3) is 0.697. The molecule has 3 aliphatic carbocycles. The number of allylic oxidation sites excluding steroid dienone is 4. The number of rotatable bonds is 9. The second-order valence-corrected chi connectivity index (χ2v) is 11.8. The lowest BCUT2D eigenvalue weighted by Gasteiger charge is -2.37. The molecular formula is C33H48F2O. The van der Waals surface area contributed by atoms with Crippen LogP contribution in [0.25, 0.3) is 0 Å². The molecular weight excluding hydrogens is 450 g/mol. The standard InChI is InChI=1S/C33H48F2O/c1-3-5-6-7-24-8-10-25(11-9-24)12-13-26-14-16-27(17-15-26)28-18-20-29(21-19-28)30-22-23-31(36-4-2)33(35)32(30)34/h3,5,12-13,22-29H,4,6-11,14-21H2,1-2H3/b5-3+,13-12+. The minimum absolute atomic E-state index is 0.0333. The molecule has 0 aliphatic heterocycles. The SMILES string of the molecule is C/C=C/CCC1CCC(/C=C/C2CCC(C3CCC(c4ccc(OCC)c(F)c4F)CC3)CC2)CC1. The van der Waals surface area contributed by atoms with E-state index in [2.05, 4.69) is 31.2 Å². The molecule has 1 nitrogen and oxygen atoms in total. The maximum absolute atomic E-state index is 14.7. The van der Waals surface area contributed by atoms with E-state index in [4.69, 9.17) is 4.74 Å². The molecule has 3 saturated carbocycles. The Bertz CT molecular complexity index is 851. The second-order valence-electron chi connectivity index (χ2n) is 11.8. The van der Waals surface area contributed by atoms with Crippen LogP contribution in [0, 0.1) is 41.2 Å². The van der Waals surface area contributed by atoms with E-state index in [0.717, 1.165) is 55.3 Å². The summed E-state index contributed by atoms with van der Waals surface area (Å²) < 4.78 is 34.3. The van der Waals surface area contributed by atoms with Gasteiger partial charge >= 0.3 is 0 Å². The Morgan fingerprint density at radius 3 is 1.94 bits per heavy atom. The first kappa shape index (κ1) is 27.4. The summed E-state index contributed by atoms with van der Waals surface area (Å²) in [7, 11) is 0. The minimum Gasteiger partial charge on any atom is -0.491 e. The highest BCUT2D eigenvalue weighted by Gasteiger charge is 2.32. The number of halogens is 2. The molecule has 3 heteroatoms. The third kappa shape index (κ3) is 7.23. The van der Waals surface area contributed by atoms with Crippen LogP contribution in [-0.4, -0.2) is 6.61 Å². The maximum atomic E-state index is 14.7. The van der Waals surface area contributed by atoms with Gasteiger partial charge in [-0.2, -0.15) is 4.39 Å². The molecule has 0 radical (unpaired) electrons. The molecule has 3 aliphatic rings. The molecule has 3 fully saturated rings. The van der Waals surface area contributed by atoms with Crippen molar-refractivity contribution >= 4 is 0 Å². The van der Waals surface area contributed by atoms with Crippen molar-refractivity contribution in [2.24, 2.45) is 29.6 Å². The van der Waals surface area contributed by atoms with Gasteiger partial charge < -0.3 is 4.74 Å². The van der Waals surface area contributed by atoms with Gasteiger partial charge in [0.05, 0.1) is 6.61 Å². The van der Waals surface area contributed by atoms with Gasteiger partial charge in [0.25, 0.3) is 0 Å². The van der Waals surface area contributed by atoms with Crippen molar-refractivity contribution in [1.82, 2.24) is 0 Å². The Hall–Kier alpha value is -1.64. The highest BCUT2D eigenvalue weighted by atomic mass is 19.2. The van der Waals surface area contributed by atoms with E-state index in [9.17, 15) is 8.78 Å². The lowest BCUT2D eigenvalue weighted by molar-refractivity contribution is 0.170. The molecule has 0 bridgehead atoms. The van der Waals surface area contributed by atoms with Gasteiger partial charge in [-0.25, -0.2) is 4.39 Å². The fourth-order valence-corrected chi connectivity index (χ4v) is 7.32. The van der Waals surface area contributed by atoms with Crippen LogP contribution in [0.4, 0.5) is 8.78 Å². The third-order valence-corrected chi connectivity index (χ3v) is 9.60. The first-order valence-electron chi connectivity index (χ1n) is 15.0. The van der Waals surface area contributed by atoms with E-state index in [-0.39, 0.29) is 11.7 Å². The molecule has 4 rings (SSSR count). The summed E-state index contributed by atoms with van der Waals surface area (Å²) >= 11 is 0. The van der Waals surface area contributed by atoms with Crippen LogP contribution in [0.15, 0.2) is 36.4 Å². The van der Waals surface area contributed by atoms with Gasteiger partial charge in [-0.05, 0) is 151 Å². The van der Waals surface area contributed by atoms with Crippen molar-refractivity contribution in [1.29, 1.82) is 0 Å². The summed E-state index contributed by atoms with van der Waals surface area (Å²) in [5, 5.41) is 0. The average molecular weight is 499 g/mol. The molecule has 36 heavy (non-hydrogen) atoms. The summed E-state index contributed by atoms with van der Waals surface area (Å²) in [6, 6.07) is 3.36. The normalized spacial score (nSPS) is 31.8. The van der Waals surface area contributed by atoms with Gasteiger partial charge in [0.2, 0.25) is 5.82 Å². The van der Waals surface area contributed by atoms with E-state index in [1.807, 2.05) is 0 Å². The minimum atomic E-state index is -0.819. The summed E-state index contributed by atoms with van der Waals surface area (Å²) in [5.41, 5.74) is 0.551. The monoisotopic (exact) mass is 498 g/mol. The molecule has 1 aromatic rings. The zero-order valence-corrected chi connectivity index (χ0v) is 22.7. The van der Waals surface area contributed by atoms with Crippen LogP contribution in [0.5, 0.6) is 5.75 Å². The van der Waals surface area contributed by atoms with Crippen molar-refractivity contribution in [2.75, 3.05) is 6.61 Å². The summed E-state index contributed by atoms with van der Waals surface area (Å²) in [5.74, 6) is 2.77. The largest absolute Gasteiger partial charge is 0.491 e. The topological polar surface area (TPSA) is 9.23 Å².